The Morgan fingerprint density at radius 2 is 1.58 bits per heavy atom. The third-order valence-electron chi connectivity index (χ3n) is 10.4. The summed E-state index contributed by atoms with van der Waals surface area (Å²) in [4.78, 5) is 48.5. The molecule has 0 radical (unpaired) electrons. The Kier molecular flexibility index (Phi) is 12.6. The van der Waals surface area contributed by atoms with E-state index in [-0.39, 0.29) is 39.3 Å². The van der Waals surface area contributed by atoms with Gasteiger partial charge in [-0.15, -0.1) is 0 Å². The van der Waals surface area contributed by atoms with Crippen LogP contribution in [0.3, 0.4) is 0 Å². The number of rotatable bonds is 17. The maximum Gasteiger partial charge on any atom is 0.330 e. The van der Waals surface area contributed by atoms with Crippen LogP contribution in [0, 0.1) is 11.8 Å². The second kappa shape index (κ2) is 17.7. The highest BCUT2D eigenvalue weighted by Gasteiger charge is 2.48. The number of carboxylic acids is 1. The van der Waals surface area contributed by atoms with E-state index in [1.165, 1.54) is 0 Å². The Morgan fingerprint density at radius 1 is 0.895 bits per heavy atom. The molecule has 0 saturated carbocycles. The molecule has 0 aliphatic heterocycles. The van der Waals surface area contributed by atoms with E-state index in [2.05, 4.69) is 42.8 Å². The number of hydrogen-bond donors (Lipinski definition) is 2. The molecule has 2 aromatic carbocycles. The van der Waals surface area contributed by atoms with E-state index in [9.17, 15) is 29.4 Å². The van der Waals surface area contributed by atoms with Gasteiger partial charge in [-0.25, -0.2) is 9.59 Å². The van der Waals surface area contributed by atoms with Gasteiger partial charge in [0.25, 0.3) is 0 Å². The first-order chi connectivity index (χ1) is 27.5. The largest absolute Gasteiger partial charge is 0.491 e. The fourth-order valence-electron chi connectivity index (χ4n) is 7.51. The molecule has 4 aliphatic carbocycles. The number of carboxylic acid groups (broad SMARTS) is 1. The zero-order valence-corrected chi connectivity index (χ0v) is 31.6. The van der Waals surface area contributed by atoms with Crippen LogP contribution in [0.5, 0.6) is 5.75 Å². The van der Waals surface area contributed by atoms with Gasteiger partial charge in [-0.1, -0.05) is 91.4 Å². The maximum atomic E-state index is 13.3. The maximum absolute atomic E-state index is 13.3. The van der Waals surface area contributed by atoms with Crippen LogP contribution >= 0.6 is 0 Å². The number of carbonyl (C=O) groups excluding carboxylic acids is 3. The molecule has 0 amide bonds. The van der Waals surface area contributed by atoms with Crippen LogP contribution < -0.4 is 4.74 Å². The molecule has 6 rings (SSSR count). The van der Waals surface area contributed by atoms with Crippen LogP contribution in [0.2, 0.25) is 0 Å². The Morgan fingerprint density at radius 3 is 2.26 bits per heavy atom. The molecule has 2 aromatic rings. The van der Waals surface area contributed by atoms with Gasteiger partial charge in [0, 0.05) is 12.2 Å². The van der Waals surface area contributed by atoms with Crippen molar-refractivity contribution < 1.29 is 53.1 Å². The van der Waals surface area contributed by atoms with E-state index >= 15 is 0 Å². The van der Waals surface area contributed by atoms with Crippen molar-refractivity contribution in [3.8, 4) is 5.75 Å². The van der Waals surface area contributed by atoms with E-state index < -0.39 is 58.9 Å². The van der Waals surface area contributed by atoms with E-state index in [1.807, 2.05) is 67.6 Å². The summed E-state index contributed by atoms with van der Waals surface area (Å²) in [5.74, 6) is -4.40. The summed E-state index contributed by atoms with van der Waals surface area (Å²) in [6.07, 6.45) is 14.4. The quantitative estimate of drug-likeness (QED) is 0.0634. The fourth-order valence-corrected chi connectivity index (χ4v) is 7.51. The molecule has 0 heterocycles. The van der Waals surface area contributed by atoms with Gasteiger partial charge in [-0.05, 0) is 83.9 Å². The molecule has 6 atom stereocenters. The molecular weight excluding hydrogens is 728 g/mol. The normalized spacial score (nSPS) is 23.7. The van der Waals surface area contributed by atoms with Gasteiger partial charge in [-0.3, -0.25) is 9.59 Å². The van der Waals surface area contributed by atoms with Crippen molar-refractivity contribution >= 4 is 29.5 Å². The van der Waals surface area contributed by atoms with Gasteiger partial charge in [0.15, 0.2) is 6.10 Å². The number of aliphatic carboxylic acids is 1. The molecule has 57 heavy (non-hydrogen) atoms. The molecular formula is C46H44O11. The second-order valence-corrected chi connectivity index (χ2v) is 14.2. The Hall–Kier alpha value is -6.22. The van der Waals surface area contributed by atoms with Crippen LogP contribution in [0.4, 0.5) is 0 Å². The number of carbonyl (C=O) groups is 4. The van der Waals surface area contributed by atoms with E-state index in [0.29, 0.717) is 12.2 Å². The Balaban J connectivity index is 1.24. The minimum Gasteiger partial charge on any atom is -0.491 e. The molecule has 4 aliphatic rings. The average Bonchev–Trinajstić information content (AvgIpc) is 3.54. The third kappa shape index (κ3) is 8.78. The average molecular weight is 773 g/mol. The van der Waals surface area contributed by atoms with Crippen LogP contribution in [0.15, 0.2) is 139 Å². The zero-order valence-electron chi connectivity index (χ0n) is 31.6. The highest BCUT2D eigenvalue weighted by molar-refractivity contribution is 5.92. The lowest BCUT2D eigenvalue weighted by molar-refractivity contribution is -0.171. The van der Waals surface area contributed by atoms with E-state index in [0.717, 1.165) is 45.6 Å². The van der Waals surface area contributed by atoms with Crippen molar-refractivity contribution in [2.24, 2.45) is 11.8 Å². The SMILES string of the molecule is C=CC(=O)OCC(O)COc1ccc(C2(C3=CCC(C)(OCC(COC(=O)C=C)OC(=O)C4CC=CCC4C(=O)O)C=C3)C3=C(C=C=C=C3)c3ccccc32)cc1. The van der Waals surface area contributed by atoms with Gasteiger partial charge in [-0.2, -0.15) is 0 Å². The third-order valence-corrected chi connectivity index (χ3v) is 10.4. The van der Waals surface area contributed by atoms with Gasteiger partial charge >= 0.3 is 23.9 Å². The van der Waals surface area contributed by atoms with Crippen LogP contribution in [0.1, 0.15) is 42.9 Å². The summed E-state index contributed by atoms with van der Waals surface area (Å²) in [7, 11) is 0. The van der Waals surface area contributed by atoms with E-state index in [4.69, 9.17) is 23.7 Å². The fraction of sp³-hybridized carbons (Fsp3) is 0.304. The van der Waals surface area contributed by atoms with Crippen LogP contribution in [-0.4, -0.2) is 78.3 Å². The van der Waals surface area contributed by atoms with Gasteiger partial charge < -0.3 is 33.9 Å². The number of ether oxygens (including phenoxy) is 5. The number of esters is 3. The highest BCUT2D eigenvalue weighted by atomic mass is 16.6. The zero-order chi connectivity index (χ0) is 40.6. The molecule has 0 aromatic heterocycles. The standard InChI is InChI=1S/C46H44O11/c1-4-41(48)54-27-32(47)26-53-33-20-18-30(19-21-33)46(39-16-10-8-12-35(39)36-13-9-11-17-40(36)46)31-22-24-45(3,25-23-31)56-29-34(28-55-42(49)5-2)57-44(52)38-15-7-6-14-37(38)43(50)51/h4-8,10,12-13,16-24,32,34,37-38,47H,1-2,14-15,25-29H2,3H3,(H,50,51). The topological polar surface area (TPSA) is 155 Å². The number of aliphatic hydroxyl groups is 1. The molecule has 0 saturated heterocycles. The number of fused-ring (bicyclic) bond motifs is 2. The highest BCUT2D eigenvalue weighted by Crippen LogP contribution is 2.57. The van der Waals surface area contributed by atoms with Crippen molar-refractivity contribution in [1.29, 1.82) is 0 Å². The van der Waals surface area contributed by atoms with Crippen molar-refractivity contribution in [3.05, 3.63) is 156 Å². The molecule has 2 N–H and O–H groups in total. The number of aliphatic hydroxyl groups excluding tert-OH is 1. The molecule has 11 heteroatoms. The molecule has 6 unspecified atom stereocenters. The first-order valence-electron chi connectivity index (χ1n) is 18.6. The van der Waals surface area contributed by atoms with Crippen LogP contribution in [0.25, 0.3) is 5.57 Å². The Bertz CT molecular complexity index is 2160. The predicted octanol–water partition coefficient (Wildman–Crippen LogP) is 6.06. The van der Waals surface area contributed by atoms with E-state index in [1.54, 1.807) is 12.2 Å². The summed E-state index contributed by atoms with van der Waals surface area (Å²) in [6, 6.07) is 15.9. The summed E-state index contributed by atoms with van der Waals surface area (Å²) in [5.41, 5.74) is 10.8. The lowest BCUT2D eigenvalue weighted by Crippen LogP contribution is -2.40. The predicted molar refractivity (Wildman–Crippen MR) is 210 cm³/mol. The van der Waals surface area contributed by atoms with Crippen molar-refractivity contribution in [2.75, 3.05) is 26.4 Å². The van der Waals surface area contributed by atoms with Crippen LogP contribution in [-0.2, 0) is 43.5 Å². The van der Waals surface area contributed by atoms with Crippen molar-refractivity contribution in [3.63, 3.8) is 0 Å². The summed E-state index contributed by atoms with van der Waals surface area (Å²) >= 11 is 0. The minimum atomic E-state index is -1.08. The molecule has 0 fully saturated rings. The van der Waals surface area contributed by atoms with Gasteiger partial charge in [0.05, 0.1) is 29.5 Å². The summed E-state index contributed by atoms with van der Waals surface area (Å²) in [5, 5.41) is 20.0. The molecule has 294 valence electrons. The monoisotopic (exact) mass is 772 g/mol. The number of hydrogen-bond acceptors (Lipinski definition) is 10. The smallest absolute Gasteiger partial charge is 0.330 e. The Labute approximate surface area is 330 Å². The lowest BCUT2D eigenvalue weighted by Gasteiger charge is -2.39. The number of benzene rings is 2. The van der Waals surface area contributed by atoms with Gasteiger partial charge in [0.2, 0.25) is 0 Å². The minimum absolute atomic E-state index is 0.0879. The first kappa shape index (κ1) is 40.4. The molecule has 0 spiro atoms. The molecule has 11 nitrogen and oxygen atoms in total. The van der Waals surface area contributed by atoms with Gasteiger partial charge in [0.1, 0.15) is 31.7 Å². The lowest BCUT2D eigenvalue weighted by atomic mass is 9.64. The van der Waals surface area contributed by atoms with Crippen molar-refractivity contribution in [1.82, 2.24) is 0 Å². The molecule has 0 bridgehead atoms. The second-order valence-electron chi connectivity index (χ2n) is 14.2. The van der Waals surface area contributed by atoms with Crippen molar-refractivity contribution in [2.45, 2.75) is 49.4 Å². The first-order valence-corrected chi connectivity index (χ1v) is 18.6. The summed E-state index contributed by atoms with van der Waals surface area (Å²) < 4.78 is 28.2. The number of allylic oxidation sites excluding steroid dienone is 8. The summed E-state index contributed by atoms with van der Waals surface area (Å²) in [6.45, 7) is 7.93.